The summed E-state index contributed by atoms with van der Waals surface area (Å²) < 4.78 is 5.15. The first-order chi connectivity index (χ1) is 6.24. The minimum absolute atomic E-state index is 0.00694. The molecular weight excluding hydrogens is 170 g/mol. The molecule has 4 nitrogen and oxygen atoms in total. The van der Waals surface area contributed by atoms with Crippen LogP contribution in [0.1, 0.15) is 5.76 Å². The van der Waals surface area contributed by atoms with Crippen LogP contribution in [0, 0.1) is 0 Å². The Balaban J connectivity index is 2.83. The number of nitrogens with two attached hydrogens (primary N) is 1. The van der Waals surface area contributed by atoms with Gasteiger partial charge in [-0.2, -0.15) is 0 Å². The molecule has 68 valence electrons. The van der Waals surface area contributed by atoms with E-state index in [1.54, 1.807) is 12.1 Å². The summed E-state index contributed by atoms with van der Waals surface area (Å²) in [7, 11) is 0. The van der Waals surface area contributed by atoms with Crippen molar-refractivity contribution in [3.05, 3.63) is 24.0 Å². The highest BCUT2D eigenvalue weighted by molar-refractivity contribution is 5.89. The van der Waals surface area contributed by atoms with Crippen LogP contribution in [0.4, 0.5) is 0 Å². The summed E-state index contributed by atoms with van der Waals surface area (Å²) in [6, 6.07) is 4.78. The maximum atomic E-state index is 9.53. The van der Waals surface area contributed by atoms with Crippen LogP contribution in [0.25, 0.3) is 11.0 Å². The number of hydrogen-bond acceptors (Lipinski definition) is 4. The third-order valence-corrected chi connectivity index (χ3v) is 1.92. The summed E-state index contributed by atoms with van der Waals surface area (Å²) in [5, 5.41) is 19.4. The van der Waals surface area contributed by atoms with Gasteiger partial charge in [-0.3, -0.25) is 0 Å². The van der Waals surface area contributed by atoms with Crippen molar-refractivity contribution in [1.82, 2.24) is 0 Å². The highest BCUT2D eigenvalue weighted by Gasteiger charge is 2.13. The molecule has 0 aliphatic rings. The molecule has 0 atom stereocenters. The molecule has 0 aliphatic carbocycles. The first-order valence-electron chi connectivity index (χ1n) is 3.86. The lowest BCUT2D eigenvalue weighted by Crippen LogP contribution is -1.93. The number of phenolic OH excluding ortho intramolecular Hbond substituents is 1. The molecule has 0 unspecified atom stereocenters. The Hall–Kier alpha value is -1.68. The molecule has 0 spiro atoms. The van der Waals surface area contributed by atoms with Gasteiger partial charge in [-0.25, -0.2) is 0 Å². The van der Waals surface area contributed by atoms with E-state index in [-0.39, 0.29) is 29.4 Å². The van der Waals surface area contributed by atoms with Crippen LogP contribution < -0.4 is 5.73 Å². The Bertz CT molecular complexity index is 447. The van der Waals surface area contributed by atoms with Crippen LogP contribution in [-0.4, -0.2) is 10.2 Å². The van der Waals surface area contributed by atoms with Crippen molar-refractivity contribution in [1.29, 1.82) is 0 Å². The van der Waals surface area contributed by atoms with Gasteiger partial charge in [-0.15, -0.1) is 0 Å². The molecule has 0 saturated heterocycles. The summed E-state index contributed by atoms with van der Waals surface area (Å²) in [6.07, 6.45) is 0. The van der Waals surface area contributed by atoms with Gasteiger partial charge in [-0.05, 0) is 12.1 Å². The predicted molar refractivity (Wildman–Crippen MR) is 47.4 cm³/mol. The average Bonchev–Trinajstić information content (AvgIpc) is 2.45. The zero-order chi connectivity index (χ0) is 9.42. The van der Waals surface area contributed by atoms with Gasteiger partial charge < -0.3 is 20.4 Å². The van der Waals surface area contributed by atoms with E-state index in [4.69, 9.17) is 10.2 Å². The number of phenols is 1. The van der Waals surface area contributed by atoms with Crippen molar-refractivity contribution in [3.8, 4) is 11.5 Å². The van der Waals surface area contributed by atoms with Crippen molar-refractivity contribution in [2.75, 3.05) is 0 Å². The molecular formula is C9H9NO3. The lowest BCUT2D eigenvalue weighted by atomic mass is 10.2. The topological polar surface area (TPSA) is 79.6 Å². The zero-order valence-electron chi connectivity index (χ0n) is 6.82. The van der Waals surface area contributed by atoms with Gasteiger partial charge in [-0.1, -0.05) is 6.07 Å². The van der Waals surface area contributed by atoms with E-state index in [2.05, 4.69) is 0 Å². The molecule has 13 heavy (non-hydrogen) atoms. The van der Waals surface area contributed by atoms with Crippen molar-refractivity contribution in [3.63, 3.8) is 0 Å². The van der Waals surface area contributed by atoms with E-state index < -0.39 is 0 Å². The number of rotatable bonds is 1. The highest BCUT2D eigenvalue weighted by atomic mass is 16.4. The van der Waals surface area contributed by atoms with Gasteiger partial charge in [0.1, 0.15) is 0 Å². The van der Waals surface area contributed by atoms with Gasteiger partial charge in [0.15, 0.2) is 22.8 Å². The molecule has 2 aromatic rings. The fourth-order valence-corrected chi connectivity index (χ4v) is 1.28. The number of furan rings is 1. The first-order valence-corrected chi connectivity index (χ1v) is 3.86. The van der Waals surface area contributed by atoms with Gasteiger partial charge in [0.2, 0.25) is 0 Å². The molecule has 1 heterocycles. The van der Waals surface area contributed by atoms with Crippen molar-refractivity contribution in [2.24, 2.45) is 5.73 Å². The number of hydrogen-bond donors (Lipinski definition) is 3. The quantitative estimate of drug-likeness (QED) is 0.616. The van der Waals surface area contributed by atoms with E-state index in [0.717, 1.165) is 0 Å². The van der Waals surface area contributed by atoms with E-state index in [1.807, 2.05) is 0 Å². The number of fused-ring (bicyclic) bond motifs is 1. The van der Waals surface area contributed by atoms with Crippen LogP contribution in [0.5, 0.6) is 11.5 Å². The number of benzene rings is 1. The highest BCUT2D eigenvalue weighted by Crippen LogP contribution is 2.36. The van der Waals surface area contributed by atoms with Crippen molar-refractivity contribution < 1.29 is 14.6 Å². The van der Waals surface area contributed by atoms with E-state index >= 15 is 0 Å². The van der Waals surface area contributed by atoms with Crippen LogP contribution in [-0.2, 0) is 6.54 Å². The lowest BCUT2D eigenvalue weighted by molar-refractivity contribution is 0.432. The molecule has 0 radical (unpaired) electrons. The molecule has 0 fully saturated rings. The summed E-state index contributed by atoms with van der Waals surface area (Å²) in [5.74, 6) is 0.303. The molecule has 0 bridgehead atoms. The van der Waals surface area contributed by atoms with Crippen LogP contribution in [0.2, 0.25) is 0 Å². The van der Waals surface area contributed by atoms with Crippen LogP contribution in [0.3, 0.4) is 0 Å². The second kappa shape index (κ2) is 2.67. The van der Waals surface area contributed by atoms with E-state index in [1.165, 1.54) is 6.07 Å². The second-order valence-corrected chi connectivity index (χ2v) is 2.73. The van der Waals surface area contributed by atoms with E-state index in [9.17, 15) is 10.2 Å². The number of para-hydroxylation sites is 1. The summed E-state index contributed by atoms with van der Waals surface area (Å²) in [4.78, 5) is 0. The Labute approximate surface area is 74.2 Å². The Morgan fingerprint density at radius 3 is 2.69 bits per heavy atom. The number of aromatic hydroxyl groups is 2. The Kier molecular flexibility index (Phi) is 1.63. The third-order valence-electron chi connectivity index (χ3n) is 1.92. The monoisotopic (exact) mass is 179 g/mol. The summed E-state index contributed by atoms with van der Waals surface area (Å²) in [5.41, 5.74) is 5.61. The van der Waals surface area contributed by atoms with Gasteiger partial charge in [0.25, 0.3) is 0 Å². The fourth-order valence-electron chi connectivity index (χ4n) is 1.28. The Morgan fingerprint density at radius 1 is 1.31 bits per heavy atom. The molecule has 0 aliphatic heterocycles. The summed E-state index contributed by atoms with van der Waals surface area (Å²) in [6.45, 7) is 0.111. The predicted octanol–water partition coefficient (Wildman–Crippen LogP) is 1.30. The molecule has 1 aromatic heterocycles. The first kappa shape index (κ1) is 7.94. The van der Waals surface area contributed by atoms with Crippen LogP contribution in [0.15, 0.2) is 22.6 Å². The minimum Gasteiger partial charge on any atom is -0.504 e. The van der Waals surface area contributed by atoms with E-state index in [0.29, 0.717) is 5.39 Å². The van der Waals surface area contributed by atoms with Gasteiger partial charge in [0.05, 0.1) is 11.9 Å². The molecule has 1 aromatic carbocycles. The van der Waals surface area contributed by atoms with Gasteiger partial charge >= 0.3 is 0 Å². The van der Waals surface area contributed by atoms with Crippen molar-refractivity contribution >= 4 is 11.0 Å². The molecule has 4 N–H and O–H groups in total. The lowest BCUT2D eigenvalue weighted by Gasteiger charge is -1.90. The third kappa shape index (κ3) is 1.03. The molecule has 0 saturated carbocycles. The maximum absolute atomic E-state index is 9.53. The SMILES string of the molecule is NCc1oc2c(O)cccc2c1O. The maximum Gasteiger partial charge on any atom is 0.179 e. The Morgan fingerprint density at radius 2 is 2.08 bits per heavy atom. The fraction of sp³-hybridized carbons (Fsp3) is 0.111. The summed E-state index contributed by atoms with van der Waals surface area (Å²) >= 11 is 0. The smallest absolute Gasteiger partial charge is 0.179 e. The normalized spacial score (nSPS) is 10.8. The largest absolute Gasteiger partial charge is 0.504 e. The molecule has 4 heteroatoms. The van der Waals surface area contributed by atoms with Gasteiger partial charge in [0, 0.05) is 0 Å². The standard InChI is InChI=1S/C9H9NO3/c10-4-7-8(12)5-2-1-3-6(11)9(5)13-7/h1-3,11-12H,4,10H2. The van der Waals surface area contributed by atoms with Crippen molar-refractivity contribution in [2.45, 2.75) is 6.54 Å². The molecule has 0 amide bonds. The molecule has 2 rings (SSSR count). The van der Waals surface area contributed by atoms with Crippen LogP contribution >= 0.6 is 0 Å². The zero-order valence-corrected chi connectivity index (χ0v) is 6.82. The average molecular weight is 179 g/mol. The second-order valence-electron chi connectivity index (χ2n) is 2.73. The minimum atomic E-state index is 0.00694.